The number of carbonyl (C=O) groups excluding carboxylic acids is 2. The Labute approximate surface area is 239 Å². The first-order valence-corrected chi connectivity index (χ1v) is 14.7. The number of likely N-dealkylation sites (N-methyl/N-ethyl adjacent to an activating group) is 1. The van der Waals surface area contributed by atoms with Gasteiger partial charge in [0.2, 0.25) is 15.9 Å². The van der Waals surface area contributed by atoms with Gasteiger partial charge < -0.3 is 20.1 Å². The molecule has 1 aliphatic rings. The molecule has 0 spiro atoms. The van der Waals surface area contributed by atoms with Crippen molar-refractivity contribution in [2.24, 2.45) is 5.92 Å². The number of aliphatic hydroxyl groups is 1. The number of sulfonamides is 1. The molecule has 3 aromatic carbocycles. The molecule has 41 heavy (non-hydrogen) atoms. The smallest absolute Gasteiger partial charge is 0.258 e. The van der Waals surface area contributed by atoms with Crippen molar-refractivity contribution in [3.05, 3.63) is 89.7 Å². The number of halogens is 1. The van der Waals surface area contributed by atoms with Gasteiger partial charge in [-0.1, -0.05) is 43.3 Å². The van der Waals surface area contributed by atoms with Gasteiger partial charge in [-0.05, 0) is 48.9 Å². The van der Waals surface area contributed by atoms with Crippen LogP contribution in [0.2, 0.25) is 0 Å². The highest BCUT2D eigenvalue weighted by molar-refractivity contribution is 7.89. The summed E-state index contributed by atoms with van der Waals surface area (Å²) in [4.78, 5) is 28.1. The first-order chi connectivity index (χ1) is 19.5. The average molecular weight is 584 g/mol. The molecule has 0 aromatic heterocycles. The molecule has 9 nitrogen and oxygen atoms in total. The van der Waals surface area contributed by atoms with Crippen LogP contribution >= 0.6 is 0 Å². The SMILES string of the molecule is C[C@H](CO)N1C[C@H](C)[C@@H](CN(C)S(=O)(=O)c2ccc(F)cc2)Oc2c(NC(=O)Cc3ccccc3)cccc2C1=O. The predicted octanol–water partition coefficient (Wildman–Crippen LogP) is 3.55. The summed E-state index contributed by atoms with van der Waals surface area (Å²) in [6, 6.07) is 18.1. The number of benzene rings is 3. The summed E-state index contributed by atoms with van der Waals surface area (Å²) in [5.74, 6) is -1.50. The van der Waals surface area contributed by atoms with E-state index in [-0.39, 0.29) is 65.7 Å². The van der Waals surface area contributed by atoms with E-state index in [2.05, 4.69) is 5.32 Å². The van der Waals surface area contributed by atoms with Crippen LogP contribution < -0.4 is 10.1 Å². The lowest BCUT2D eigenvalue weighted by Gasteiger charge is -2.38. The van der Waals surface area contributed by atoms with E-state index in [1.165, 1.54) is 24.1 Å². The van der Waals surface area contributed by atoms with Crippen LogP contribution in [0.1, 0.15) is 29.8 Å². The molecule has 4 rings (SSSR count). The van der Waals surface area contributed by atoms with Gasteiger partial charge in [0.1, 0.15) is 11.9 Å². The molecule has 0 saturated heterocycles. The molecule has 0 unspecified atom stereocenters. The Morgan fingerprint density at radius 3 is 2.46 bits per heavy atom. The fourth-order valence-corrected chi connectivity index (χ4v) is 5.86. The zero-order valence-electron chi connectivity index (χ0n) is 23.2. The van der Waals surface area contributed by atoms with Gasteiger partial charge in [0, 0.05) is 19.5 Å². The van der Waals surface area contributed by atoms with E-state index in [4.69, 9.17) is 4.74 Å². The Kier molecular flexibility index (Phi) is 9.42. The van der Waals surface area contributed by atoms with E-state index in [0.29, 0.717) is 0 Å². The summed E-state index contributed by atoms with van der Waals surface area (Å²) in [5, 5.41) is 12.7. The van der Waals surface area contributed by atoms with E-state index in [9.17, 15) is 27.5 Å². The predicted molar refractivity (Wildman–Crippen MR) is 153 cm³/mol. The largest absolute Gasteiger partial charge is 0.486 e. The first kappa shape index (κ1) is 30.2. The minimum Gasteiger partial charge on any atom is -0.486 e. The highest BCUT2D eigenvalue weighted by atomic mass is 32.2. The van der Waals surface area contributed by atoms with Gasteiger partial charge in [-0.2, -0.15) is 4.31 Å². The molecule has 1 aliphatic heterocycles. The van der Waals surface area contributed by atoms with Crippen LogP contribution in [-0.4, -0.2) is 73.4 Å². The summed E-state index contributed by atoms with van der Waals surface area (Å²) >= 11 is 0. The van der Waals surface area contributed by atoms with Crippen molar-refractivity contribution in [2.75, 3.05) is 32.1 Å². The zero-order chi connectivity index (χ0) is 29.7. The Balaban J connectivity index is 1.68. The second-order valence-corrected chi connectivity index (χ2v) is 12.3. The molecule has 0 fully saturated rings. The van der Waals surface area contributed by atoms with Crippen LogP contribution in [0.5, 0.6) is 5.75 Å². The maximum Gasteiger partial charge on any atom is 0.258 e. The number of hydrogen-bond acceptors (Lipinski definition) is 6. The zero-order valence-corrected chi connectivity index (χ0v) is 24.0. The summed E-state index contributed by atoms with van der Waals surface area (Å²) in [6.07, 6.45) is -0.646. The molecular formula is C30H34FN3O6S. The Morgan fingerprint density at radius 1 is 1.12 bits per heavy atom. The highest BCUT2D eigenvalue weighted by Gasteiger charge is 2.36. The number of ether oxygens (including phenoxy) is 1. The quantitative estimate of drug-likeness (QED) is 0.398. The molecule has 0 aliphatic carbocycles. The maximum absolute atomic E-state index is 13.7. The van der Waals surface area contributed by atoms with Gasteiger partial charge in [-0.3, -0.25) is 9.59 Å². The minimum atomic E-state index is -3.99. The fourth-order valence-electron chi connectivity index (χ4n) is 4.67. The summed E-state index contributed by atoms with van der Waals surface area (Å²) in [7, 11) is -2.59. The van der Waals surface area contributed by atoms with Crippen LogP contribution in [-0.2, 0) is 21.2 Å². The van der Waals surface area contributed by atoms with Gasteiger partial charge in [0.05, 0.1) is 41.8 Å². The monoisotopic (exact) mass is 583 g/mol. The number of hydrogen-bond donors (Lipinski definition) is 2. The number of rotatable bonds is 9. The van der Waals surface area contributed by atoms with Crippen molar-refractivity contribution in [3.8, 4) is 5.75 Å². The summed E-state index contributed by atoms with van der Waals surface area (Å²) in [5.41, 5.74) is 1.27. The van der Waals surface area contributed by atoms with Crippen molar-refractivity contribution in [1.29, 1.82) is 0 Å². The van der Waals surface area contributed by atoms with Crippen molar-refractivity contribution in [3.63, 3.8) is 0 Å². The molecule has 2 N–H and O–H groups in total. The van der Waals surface area contributed by atoms with E-state index in [0.717, 1.165) is 22.0 Å². The van der Waals surface area contributed by atoms with E-state index < -0.39 is 28.0 Å². The lowest BCUT2D eigenvalue weighted by atomic mass is 9.99. The van der Waals surface area contributed by atoms with Crippen LogP contribution in [0.4, 0.5) is 10.1 Å². The second-order valence-electron chi connectivity index (χ2n) is 10.3. The average Bonchev–Trinajstić information content (AvgIpc) is 2.95. The number of fused-ring (bicyclic) bond motifs is 1. The lowest BCUT2D eigenvalue weighted by Crippen LogP contribution is -2.50. The molecule has 2 amide bonds. The number of para-hydroxylation sites is 1. The van der Waals surface area contributed by atoms with Gasteiger partial charge in [0.15, 0.2) is 5.75 Å². The molecular weight excluding hydrogens is 549 g/mol. The highest BCUT2D eigenvalue weighted by Crippen LogP contribution is 2.35. The number of carbonyl (C=O) groups is 2. The molecule has 0 radical (unpaired) electrons. The standard InChI is InChI=1S/C30H34FN3O6S/c1-20-17-34(21(2)19-35)30(37)25-10-7-11-26(32-28(36)16-22-8-5-4-6-9-22)29(25)40-27(20)18-33(3)41(38,39)24-14-12-23(31)13-15-24/h4-15,20-21,27,35H,16-19H2,1-3H3,(H,32,36)/t20-,21+,27+/m0/s1. The second kappa shape index (κ2) is 12.8. The number of aliphatic hydroxyl groups excluding tert-OH is 1. The van der Waals surface area contributed by atoms with E-state index in [1.807, 2.05) is 37.3 Å². The van der Waals surface area contributed by atoms with E-state index in [1.54, 1.807) is 25.1 Å². The molecule has 0 bridgehead atoms. The molecule has 11 heteroatoms. The molecule has 3 atom stereocenters. The van der Waals surface area contributed by atoms with Gasteiger partial charge in [-0.15, -0.1) is 0 Å². The van der Waals surface area contributed by atoms with Crippen molar-refractivity contribution >= 4 is 27.5 Å². The third-order valence-corrected chi connectivity index (χ3v) is 8.97. The Bertz CT molecular complexity index is 1480. The molecule has 3 aromatic rings. The number of nitrogens with one attached hydrogen (secondary N) is 1. The van der Waals surface area contributed by atoms with Crippen molar-refractivity contribution in [1.82, 2.24) is 9.21 Å². The van der Waals surface area contributed by atoms with Crippen LogP contribution in [0.15, 0.2) is 77.7 Å². The van der Waals surface area contributed by atoms with Gasteiger partial charge >= 0.3 is 0 Å². The molecule has 218 valence electrons. The first-order valence-electron chi connectivity index (χ1n) is 13.3. The van der Waals surface area contributed by atoms with Crippen LogP contribution in [0.3, 0.4) is 0 Å². The van der Waals surface area contributed by atoms with Crippen molar-refractivity contribution < 1.29 is 32.2 Å². The summed E-state index contributed by atoms with van der Waals surface area (Å²) < 4.78 is 47.5. The third kappa shape index (κ3) is 6.92. The van der Waals surface area contributed by atoms with E-state index >= 15 is 0 Å². The maximum atomic E-state index is 13.7. The number of anilines is 1. The van der Waals surface area contributed by atoms with Crippen molar-refractivity contribution in [2.45, 2.75) is 37.3 Å². The van der Waals surface area contributed by atoms with Gasteiger partial charge in [-0.25, -0.2) is 12.8 Å². The molecule has 0 saturated carbocycles. The normalized spacial score (nSPS) is 18.2. The Hall–Kier alpha value is -3.80. The Morgan fingerprint density at radius 2 is 1.80 bits per heavy atom. The topological polar surface area (TPSA) is 116 Å². The van der Waals surface area contributed by atoms with Crippen LogP contribution in [0, 0.1) is 11.7 Å². The molecule has 1 heterocycles. The third-order valence-electron chi connectivity index (χ3n) is 7.13. The van der Waals surface area contributed by atoms with Gasteiger partial charge in [0.25, 0.3) is 5.91 Å². The van der Waals surface area contributed by atoms with Crippen LogP contribution in [0.25, 0.3) is 0 Å². The number of amides is 2. The summed E-state index contributed by atoms with van der Waals surface area (Å²) in [6.45, 7) is 3.38. The lowest BCUT2D eigenvalue weighted by molar-refractivity contribution is -0.115. The minimum absolute atomic E-state index is 0.0696. The fraction of sp³-hybridized carbons (Fsp3) is 0.333. The number of nitrogens with zero attached hydrogens (tertiary/aromatic N) is 2.